The number of nitrogens with one attached hydrogen (secondary N) is 1. The Hall–Kier alpha value is -1.19. The van der Waals surface area contributed by atoms with E-state index in [0.717, 1.165) is 27.7 Å². The van der Waals surface area contributed by atoms with Crippen LogP contribution < -0.4 is 11.1 Å². The highest BCUT2D eigenvalue weighted by Crippen LogP contribution is 2.22. The standard InChI is InChI=1S/C9H14N2O5S2/c1-2-7(12)11-6(9(15)16)4-18-17-3-5(10)8(13)14/h2,5-6H,1,3-4,10H2,(H,11,12)(H,13,14)(H,15,16)/t5-,6-/m0/s1. The third kappa shape index (κ3) is 7.20. The summed E-state index contributed by atoms with van der Waals surface area (Å²) >= 11 is 0. The summed E-state index contributed by atoms with van der Waals surface area (Å²) in [5.74, 6) is -2.60. The minimum atomic E-state index is -1.17. The highest BCUT2D eigenvalue weighted by atomic mass is 33.1. The minimum absolute atomic E-state index is 0.103. The van der Waals surface area contributed by atoms with Gasteiger partial charge in [0, 0.05) is 11.5 Å². The zero-order chi connectivity index (χ0) is 14.1. The second kappa shape index (κ2) is 8.84. The van der Waals surface area contributed by atoms with Crippen molar-refractivity contribution in [1.82, 2.24) is 5.32 Å². The second-order valence-corrected chi connectivity index (χ2v) is 5.67. The number of hydrogen-bond donors (Lipinski definition) is 4. The molecule has 0 radical (unpaired) electrons. The van der Waals surface area contributed by atoms with Crippen molar-refractivity contribution in [2.75, 3.05) is 11.5 Å². The molecule has 0 saturated carbocycles. The molecule has 2 atom stereocenters. The van der Waals surface area contributed by atoms with Crippen molar-refractivity contribution in [3.05, 3.63) is 12.7 Å². The van der Waals surface area contributed by atoms with Crippen LogP contribution in [-0.4, -0.2) is 51.6 Å². The van der Waals surface area contributed by atoms with Crippen molar-refractivity contribution >= 4 is 39.4 Å². The molecule has 0 heterocycles. The largest absolute Gasteiger partial charge is 0.480 e. The van der Waals surface area contributed by atoms with E-state index in [1.807, 2.05) is 0 Å². The molecule has 0 aliphatic rings. The molecule has 0 bridgehead atoms. The van der Waals surface area contributed by atoms with Crippen molar-refractivity contribution in [2.24, 2.45) is 5.73 Å². The third-order valence-corrected chi connectivity index (χ3v) is 4.13. The molecule has 0 rings (SSSR count). The Morgan fingerprint density at radius 2 is 1.78 bits per heavy atom. The SMILES string of the molecule is C=CC(=O)N[C@@H](CSSC[C@H](N)C(=O)O)C(=O)O. The number of aliphatic carboxylic acids is 2. The molecule has 0 aliphatic heterocycles. The van der Waals surface area contributed by atoms with Crippen LogP contribution in [0.1, 0.15) is 0 Å². The van der Waals surface area contributed by atoms with Crippen LogP contribution in [0.2, 0.25) is 0 Å². The van der Waals surface area contributed by atoms with Crippen molar-refractivity contribution in [2.45, 2.75) is 12.1 Å². The molecule has 0 fully saturated rings. The maximum absolute atomic E-state index is 11.0. The second-order valence-electron chi connectivity index (χ2n) is 3.12. The van der Waals surface area contributed by atoms with Crippen LogP contribution in [0.4, 0.5) is 0 Å². The zero-order valence-electron chi connectivity index (χ0n) is 9.37. The number of carbonyl (C=O) groups is 3. The molecule has 5 N–H and O–H groups in total. The highest BCUT2D eigenvalue weighted by molar-refractivity contribution is 8.76. The summed E-state index contributed by atoms with van der Waals surface area (Å²) in [4.78, 5) is 32.2. The van der Waals surface area contributed by atoms with Crippen LogP contribution in [0.15, 0.2) is 12.7 Å². The topological polar surface area (TPSA) is 130 Å². The van der Waals surface area contributed by atoms with Crippen molar-refractivity contribution in [3.63, 3.8) is 0 Å². The van der Waals surface area contributed by atoms with Gasteiger partial charge in [-0.25, -0.2) is 4.79 Å². The maximum Gasteiger partial charge on any atom is 0.327 e. The lowest BCUT2D eigenvalue weighted by atomic mass is 10.3. The number of rotatable bonds is 9. The van der Waals surface area contributed by atoms with E-state index in [-0.39, 0.29) is 11.5 Å². The molecule has 0 aromatic heterocycles. The Balaban J connectivity index is 3.98. The fourth-order valence-electron chi connectivity index (χ4n) is 0.714. The molecule has 9 heteroatoms. The van der Waals surface area contributed by atoms with Gasteiger partial charge in [-0.1, -0.05) is 28.2 Å². The molecule has 0 aromatic rings. The summed E-state index contributed by atoms with van der Waals surface area (Å²) in [6.07, 6.45) is 0.980. The normalized spacial score (nSPS) is 13.4. The summed E-state index contributed by atoms with van der Waals surface area (Å²) in [5, 5.41) is 19.6. The molecule has 0 saturated heterocycles. The first kappa shape index (κ1) is 16.8. The number of carboxylic acids is 2. The quantitative estimate of drug-likeness (QED) is 0.255. The Morgan fingerprint density at radius 3 is 2.22 bits per heavy atom. The van der Waals surface area contributed by atoms with E-state index in [1.54, 1.807) is 0 Å². The Kier molecular flexibility index (Phi) is 8.25. The van der Waals surface area contributed by atoms with Crippen molar-refractivity contribution in [3.8, 4) is 0 Å². The lowest BCUT2D eigenvalue weighted by molar-refractivity contribution is -0.140. The van der Waals surface area contributed by atoms with Gasteiger partial charge in [0.15, 0.2) is 0 Å². The number of carboxylic acid groups (broad SMARTS) is 2. The van der Waals surface area contributed by atoms with Crippen LogP contribution in [0.25, 0.3) is 0 Å². The maximum atomic E-state index is 11.0. The highest BCUT2D eigenvalue weighted by Gasteiger charge is 2.19. The summed E-state index contributed by atoms with van der Waals surface area (Å²) in [5.41, 5.74) is 5.26. The Labute approximate surface area is 112 Å². The number of carbonyl (C=O) groups excluding carboxylic acids is 1. The summed E-state index contributed by atoms with van der Waals surface area (Å²) in [6.45, 7) is 3.21. The van der Waals surface area contributed by atoms with E-state index in [4.69, 9.17) is 15.9 Å². The van der Waals surface area contributed by atoms with Crippen LogP contribution in [-0.2, 0) is 14.4 Å². The monoisotopic (exact) mass is 294 g/mol. The first-order valence-electron chi connectivity index (χ1n) is 4.77. The van der Waals surface area contributed by atoms with Crippen molar-refractivity contribution < 1.29 is 24.6 Å². The van der Waals surface area contributed by atoms with Gasteiger partial charge < -0.3 is 21.3 Å². The molecular formula is C9H14N2O5S2. The predicted octanol–water partition coefficient (Wildman–Crippen LogP) is -0.465. The summed E-state index contributed by atoms with van der Waals surface area (Å²) in [6, 6.07) is -2.04. The first-order valence-corrected chi connectivity index (χ1v) is 7.25. The van der Waals surface area contributed by atoms with E-state index in [1.165, 1.54) is 0 Å². The molecule has 7 nitrogen and oxygen atoms in total. The summed E-state index contributed by atoms with van der Waals surface area (Å²) in [7, 11) is 2.27. The van der Waals surface area contributed by atoms with Crippen LogP contribution in [0.3, 0.4) is 0 Å². The average Bonchev–Trinajstić information content (AvgIpc) is 2.31. The van der Waals surface area contributed by atoms with E-state index >= 15 is 0 Å². The lowest BCUT2D eigenvalue weighted by Gasteiger charge is -2.12. The van der Waals surface area contributed by atoms with Gasteiger partial charge in [-0.3, -0.25) is 9.59 Å². The van der Waals surface area contributed by atoms with Gasteiger partial charge >= 0.3 is 11.9 Å². The zero-order valence-corrected chi connectivity index (χ0v) is 11.0. The van der Waals surface area contributed by atoms with E-state index < -0.39 is 29.9 Å². The average molecular weight is 294 g/mol. The number of amides is 1. The van der Waals surface area contributed by atoms with Gasteiger partial charge in [-0.05, 0) is 6.08 Å². The van der Waals surface area contributed by atoms with E-state index in [2.05, 4.69) is 11.9 Å². The lowest BCUT2D eigenvalue weighted by Crippen LogP contribution is -2.41. The molecule has 102 valence electrons. The molecule has 1 amide bonds. The molecule has 0 unspecified atom stereocenters. The van der Waals surface area contributed by atoms with Gasteiger partial charge in [0.05, 0.1) is 0 Å². The van der Waals surface area contributed by atoms with Crippen molar-refractivity contribution in [1.29, 1.82) is 0 Å². The van der Waals surface area contributed by atoms with Crippen LogP contribution >= 0.6 is 21.6 Å². The molecule has 0 aliphatic carbocycles. The minimum Gasteiger partial charge on any atom is -0.480 e. The Morgan fingerprint density at radius 1 is 1.22 bits per heavy atom. The number of hydrogen-bond acceptors (Lipinski definition) is 6. The van der Waals surface area contributed by atoms with Gasteiger partial charge in [0.2, 0.25) is 5.91 Å². The van der Waals surface area contributed by atoms with Gasteiger partial charge in [-0.2, -0.15) is 0 Å². The molecule has 18 heavy (non-hydrogen) atoms. The van der Waals surface area contributed by atoms with Gasteiger partial charge in [0.1, 0.15) is 12.1 Å². The fourth-order valence-corrected chi connectivity index (χ4v) is 2.98. The molecule has 0 aromatic carbocycles. The third-order valence-electron chi connectivity index (χ3n) is 1.68. The molecule has 0 spiro atoms. The summed E-state index contributed by atoms with van der Waals surface area (Å²) < 4.78 is 0. The first-order chi connectivity index (χ1) is 8.38. The van der Waals surface area contributed by atoms with Gasteiger partial charge in [-0.15, -0.1) is 0 Å². The number of nitrogens with two attached hydrogens (primary N) is 1. The Bertz CT molecular complexity index is 337. The fraction of sp³-hybridized carbons (Fsp3) is 0.444. The van der Waals surface area contributed by atoms with Crippen LogP contribution in [0, 0.1) is 0 Å². The molecular weight excluding hydrogens is 280 g/mol. The van der Waals surface area contributed by atoms with E-state index in [0.29, 0.717) is 0 Å². The van der Waals surface area contributed by atoms with Crippen LogP contribution in [0.5, 0.6) is 0 Å². The predicted molar refractivity (Wildman–Crippen MR) is 70.3 cm³/mol. The van der Waals surface area contributed by atoms with Gasteiger partial charge in [0.25, 0.3) is 0 Å². The van der Waals surface area contributed by atoms with E-state index in [9.17, 15) is 14.4 Å². The smallest absolute Gasteiger partial charge is 0.327 e.